The third kappa shape index (κ3) is 5.34. The fourth-order valence-corrected chi connectivity index (χ4v) is 2.48. The van der Waals surface area contributed by atoms with Crippen molar-refractivity contribution in [3.8, 4) is 17.2 Å². The molecule has 0 saturated carbocycles. The number of amides is 1. The summed E-state index contributed by atoms with van der Waals surface area (Å²) in [5.41, 5.74) is 2.62. The number of nitro benzene ring substituents is 1. The SMILES string of the molecule is CCOc1cc(/C=N/NC(=O)Cc2cc(OC)ccc2Cl)cc([N+](=O)[O-])c1O. The van der Waals surface area contributed by atoms with Crippen LogP contribution in [0.2, 0.25) is 5.02 Å². The summed E-state index contributed by atoms with van der Waals surface area (Å²) in [5.74, 6) is -0.492. The third-order valence-electron chi connectivity index (χ3n) is 3.58. The van der Waals surface area contributed by atoms with E-state index in [2.05, 4.69) is 10.5 Å². The largest absolute Gasteiger partial charge is 0.500 e. The molecule has 0 aliphatic heterocycles. The molecule has 0 atom stereocenters. The number of methoxy groups -OCH3 is 1. The van der Waals surface area contributed by atoms with Crippen LogP contribution in [0.1, 0.15) is 18.1 Å². The summed E-state index contributed by atoms with van der Waals surface area (Å²) in [7, 11) is 1.50. The summed E-state index contributed by atoms with van der Waals surface area (Å²) in [6.07, 6.45) is 1.17. The van der Waals surface area contributed by atoms with Crippen molar-refractivity contribution in [1.82, 2.24) is 5.43 Å². The number of hydrogen-bond donors (Lipinski definition) is 2. The molecule has 9 nitrogen and oxygen atoms in total. The summed E-state index contributed by atoms with van der Waals surface area (Å²) in [6, 6.07) is 7.43. The monoisotopic (exact) mass is 407 g/mol. The van der Waals surface area contributed by atoms with Gasteiger partial charge in [0.2, 0.25) is 11.7 Å². The van der Waals surface area contributed by atoms with Gasteiger partial charge >= 0.3 is 5.69 Å². The molecule has 0 unspecified atom stereocenters. The molecule has 1 amide bonds. The van der Waals surface area contributed by atoms with Gasteiger partial charge in [-0.15, -0.1) is 0 Å². The van der Waals surface area contributed by atoms with Crippen molar-refractivity contribution in [3.63, 3.8) is 0 Å². The normalized spacial score (nSPS) is 10.7. The van der Waals surface area contributed by atoms with E-state index < -0.39 is 22.3 Å². The predicted molar refractivity (Wildman–Crippen MR) is 103 cm³/mol. The van der Waals surface area contributed by atoms with Crippen LogP contribution in [0.25, 0.3) is 0 Å². The Labute approximate surface area is 165 Å². The number of carbonyl (C=O) groups excluding carboxylic acids is 1. The number of hydrogen-bond acceptors (Lipinski definition) is 7. The van der Waals surface area contributed by atoms with Crippen LogP contribution in [0.4, 0.5) is 5.69 Å². The number of benzene rings is 2. The first-order chi connectivity index (χ1) is 13.3. The lowest BCUT2D eigenvalue weighted by atomic mass is 10.1. The number of carbonyl (C=O) groups is 1. The van der Waals surface area contributed by atoms with Gasteiger partial charge in [0.05, 0.1) is 31.3 Å². The van der Waals surface area contributed by atoms with E-state index in [4.69, 9.17) is 21.1 Å². The first-order valence-electron chi connectivity index (χ1n) is 8.14. The molecule has 2 N–H and O–H groups in total. The van der Waals surface area contributed by atoms with Crippen LogP contribution in [0.15, 0.2) is 35.4 Å². The van der Waals surface area contributed by atoms with Crippen LogP contribution in [-0.4, -0.2) is 35.9 Å². The number of ether oxygens (including phenoxy) is 2. The predicted octanol–water partition coefficient (Wildman–Crippen LogP) is 3.05. The summed E-state index contributed by atoms with van der Waals surface area (Å²) in [6.45, 7) is 1.89. The Bertz CT molecular complexity index is 916. The van der Waals surface area contributed by atoms with Gasteiger partial charge in [0, 0.05) is 16.7 Å². The standard InChI is InChI=1S/C18H18ClN3O6/c1-3-28-16-7-11(6-15(18(16)24)22(25)26)10-20-21-17(23)9-12-8-13(27-2)4-5-14(12)19/h4-8,10,24H,3,9H2,1-2H3,(H,21,23)/b20-10+. The van der Waals surface area contributed by atoms with Gasteiger partial charge in [0.25, 0.3) is 0 Å². The third-order valence-corrected chi connectivity index (χ3v) is 3.95. The van der Waals surface area contributed by atoms with Crippen LogP contribution < -0.4 is 14.9 Å². The minimum Gasteiger partial charge on any atom is -0.500 e. The van der Waals surface area contributed by atoms with Crippen LogP contribution in [0.5, 0.6) is 17.2 Å². The van der Waals surface area contributed by atoms with Crippen molar-refractivity contribution in [2.24, 2.45) is 5.10 Å². The van der Waals surface area contributed by atoms with Crippen LogP contribution in [0.3, 0.4) is 0 Å². The smallest absolute Gasteiger partial charge is 0.315 e. The molecule has 0 aromatic heterocycles. The Balaban J connectivity index is 2.11. The number of phenols is 1. The van der Waals surface area contributed by atoms with Crippen molar-refractivity contribution in [3.05, 3.63) is 56.6 Å². The van der Waals surface area contributed by atoms with Crippen LogP contribution in [0, 0.1) is 10.1 Å². The number of rotatable bonds is 8. The highest BCUT2D eigenvalue weighted by atomic mass is 35.5. The highest BCUT2D eigenvalue weighted by molar-refractivity contribution is 6.31. The summed E-state index contributed by atoms with van der Waals surface area (Å²) >= 11 is 6.06. The minimum atomic E-state index is -0.738. The lowest BCUT2D eigenvalue weighted by Crippen LogP contribution is -2.20. The van der Waals surface area contributed by atoms with Crippen molar-refractivity contribution < 1.29 is 24.3 Å². The second kappa shape index (κ2) is 9.56. The number of nitrogens with one attached hydrogen (secondary N) is 1. The first kappa shape index (κ1) is 21.0. The molecule has 0 radical (unpaired) electrons. The summed E-state index contributed by atoms with van der Waals surface area (Å²) in [4.78, 5) is 22.4. The number of halogens is 1. The molecule has 2 aromatic carbocycles. The molecule has 10 heteroatoms. The molecule has 0 heterocycles. The average Bonchev–Trinajstić information content (AvgIpc) is 2.65. The van der Waals surface area contributed by atoms with Gasteiger partial charge in [-0.05, 0) is 36.8 Å². The molecule has 0 aliphatic rings. The van der Waals surface area contributed by atoms with E-state index in [0.29, 0.717) is 16.3 Å². The Hall–Kier alpha value is -3.33. The van der Waals surface area contributed by atoms with Gasteiger partial charge in [0.15, 0.2) is 5.75 Å². The molecule has 2 aromatic rings. The molecular formula is C18H18ClN3O6. The summed E-state index contributed by atoms with van der Waals surface area (Å²) in [5, 5.41) is 25.1. The zero-order valence-corrected chi connectivity index (χ0v) is 15.9. The molecule has 28 heavy (non-hydrogen) atoms. The highest BCUT2D eigenvalue weighted by Gasteiger charge is 2.19. The Kier molecular flexibility index (Phi) is 7.16. The van der Waals surface area contributed by atoms with Gasteiger partial charge in [-0.2, -0.15) is 5.10 Å². The molecule has 148 valence electrons. The molecule has 0 bridgehead atoms. The average molecular weight is 408 g/mol. The molecule has 0 saturated heterocycles. The lowest BCUT2D eigenvalue weighted by molar-refractivity contribution is -0.386. The number of nitrogens with zero attached hydrogens (tertiary/aromatic N) is 2. The number of aromatic hydroxyl groups is 1. The number of nitro groups is 1. The second-order valence-corrected chi connectivity index (χ2v) is 5.91. The molecule has 0 aliphatic carbocycles. The fraction of sp³-hybridized carbons (Fsp3) is 0.222. The van der Waals surface area contributed by atoms with Gasteiger partial charge in [-0.1, -0.05) is 11.6 Å². The minimum absolute atomic E-state index is 0.0344. The zero-order valence-electron chi connectivity index (χ0n) is 15.1. The maximum Gasteiger partial charge on any atom is 0.315 e. The van der Waals surface area contributed by atoms with Crippen molar-refractivity contribution in [2.75, 3.05) is 13.7 Å². The van der Waals surface area contributed by atoms with E-state index in [1.165, 1.54) is 19.4 Å². The van der Waals surface area contributed by atoms with E-state index in [0.717, 1.165) is 6.07 Å². The molecule has 0 fully saturated rings. The maximum absolute atomic E-state index is 12.1. The quantitative estimate of drug-likeness (QED) is 0.394. The Morgan fingerprint density at radius 2 is 2.14 bits per heavy atom. The second-order valence-electron chi connectivity index (χ2n) is 5.50. The highest BCUT2D eigenvalue weighted by Crippen LogP contribution is 2.36. The first-order valence-corrected chi connectivity index (χ1v) is 8.52. The van der Waals surface area contributed by atoms with Gasteiger partial charge < -0.3 is 14.6 Å². The van der Waals surface area contributed by atoms with Gasteiger partial charge in [0.1, 0.15) is 5.75 Å². The van der Waals surface area contributed by atoms with E-state index >= 15 is 0 Å². The van der Waals surface area contributed by atoms with Crippen molar-refractivity contribution >= 4 is 29.4 Å². The lowest BCUT2D eigenvalue weighted by Gasteiger charge is -2.07. The Morgan fingerprint density at radius 1 is 1.39 bits per heavy atom. The van der Waals surface area contributed by atoms with E-state index in [9.17, 15) is 20.0 Å². The van der Waals surface area contributed by atoms with E-state index in [1.807, 2.05) is 0 Å². The number of phenolic OH excluding ortho intramolecular Hbond substituents is 1. The maximum atomic E-state index is 12.1. The molecule has 2 rings (SSSR count). The van der Waals surface area contributed by atoms with Gasteiger partial charge in [-0.25, -0.2) is 5.43 Å². The summed E-state index contributed by atoms with van der Waals surface area (Å²) < 4.78 is 10.3. The fourth-order valence-electron chi connectivity index (χ4n) is 2.30. The van der Waals surface area contributed by atoms with E-state index in [1.54, 1.807) is 25.1 Å². The number of hydrazone groups is 1. The molecular weight excluding hydrogens is 390 g/mol. The topological polar surface area (TPSA) is 123 Å². The zero-order chi connectivity index (χ0) is 20.7. The van der Waals surface area contributed by atoms with Crippen LogP contribution >= 0.6 is 11.6 Å². The van der Waals surface area contributed by atoms with Crippen LogP contribution in [-0.2, 0) is 11.2 Å². The van der Waals surface area contributed by atoms with E-state index in [-0.39, 0.29) is 24.3 Å². The van der Waals surface area contributed by atoms with Crippen molar-refractivity contribution in [2.45, 2.75) is 13.3 Å². The van der Waals surface area contributed by atoms with Crippen molar-refractivity contribution in [1.29, 1.82) is 0 Å². The molecule has 0 spiro atoms. The Morgan fingerprint density at radius 3 is 2.79 bits per heavy atom. The van der Waals surface area contributed by atoms with Gasteiger partial charge in [-0.3, -0.25) is 14.9 Å².